The van der Waals surface area contributed by atoms with Crippen molar-refractivity contribution < 1.29 is 4.39 Å². The minimum Gasteiger partial charge on any atom is -0.350 e. The molecule has 1 aromatic rings. The standard InChI is InChI=1S/C15H20FN3/c1-2-7-19(14-5-6-14)15-11(8-12(16)10-18-15)9-17-13-3-4-13/h2,8,10,13-14,17H,1,3-7,9H2. The van der Waals surface area contributed by atoms with Gasteiger partial charge in [0.2, 0.25) is 0 Å². The van der Waals surface area contributed by atoms with E-state index < -0.39 is 0 Å². The molecule has 1 N–H and O–H groups in total. The maximum atomic E-state index is 13.4. The second-order valence-corrected chi connectivity index (χ2v) is 5.46. The van der Waals surface area contributed by atoms with Gasteiger partial charge in [-0.2, -0.15) is 0 Å². The molecular weight excluding hydrogens is 241 g/mol. The van der Waals surface area contributed by atoms with E-state index in [-0.39, 0.29) is 5.82 Å². The van der Waals surface area contributed by atoms with Gasteiger partial charge in [-0.3, -0.25) is 0 Å². The lowest BCUT2D eigenvalue weighted by molar-refractivity contribution is 0.610. The Morgan fingerprint density at radius 2 is 2.21 bits per heavy atom. The summed E-state index contributed by atoms with van der Waals surface area (Å²) in [6.07, 6.45) is 8.06. The summed E-state index contributed by atoms with van der Waals surface area (Å²) in [5, 5.41) is 3.44. The molecule has 0 amide bonds. The van der Waals surface area contributed by atoms with Crippen LogP contribution in [-0.4, -0.2) is 23.6 Å². The van der Waals surface area contributed by atoms with Crippen LogP contribution in [0.15, 0.2) is 24.9 Å². The van der Waals surface area contributed by atoms with Crippen LogP contribution in [0.3, 0.4) is 0 Å². The van der Waals surface area contributed by atoms with Crippen LogP contribution in [0.5, 0.6) is 0 Å². The van der Waals surface area contributed by atoms with Gasteiger partial charge < -0.3 is 10.2 Å². The van der Waals surface area contributed by atoms with Crippen LogP contribution >= 0.6 is 0 Å². The Bertz CT molecular complexity index is 466. The van der Waals surface area contributed by atoms with Crippen molar-refractivity contribution in [2.45, 2.75) is 44.3 Å². The van der Waals surface area contributed by atoms with Gasteiger partial charge in [0.15, 0.2) is 0 Å². The maximum Gasteiger partial charge on any atom is 0.141 e. The molecule has 1 heterocycles. The third kappa shape index (κ3) is 3.13. The van der Waals surface area contributed by atoms with Crippen molar-refractivity contribution in [1.82, 2.24) is 10.3 Å². The Morgan fingerprint density at radius 3 is 2.84 bits per heavy atom. The molecule has 1 aromatic heterocycles. The van der Waals surface area contributed by atoms with Gasteiger partial charge in [-0.15, -0.1) is 6.58 Å². The van der Waals surface area contributed by atoms with Gasteiger partial charge in [-0.25, -0.2) is 9.37 Å². The van der Waals surface area contributed by atoms with E-state index in [1.807, 2.05) is 6.08 Å². The third-order valence-electron chi connectivity index (χ3n) is 3.65. The van der Waals surface area contributed by atoms with Gasteiger partial charge in [-0.05, 0) is 31.7 Å². The van der Waals surface area contributed by atoms with E-state index in [2.05, 4.69) is 21.8 Å². The molecule has 0 radical (unpaired) electrons. The highest BCUT2D eigenvalue weighted by Gasteiger charge is 2.31. The highest BCUT2D eigenvalue weighted by molar-refractivity contribution is 5.49. The average molecular weight is 261 g/mol. The topological polar surface area (TPSA) is 28.2 Å². The second-order valence-electron chi connectivity index (χ2n) is 5.46. The van der Waals surface area contributed by atoms with E-state index in [0.717, 1.165) is 17.9 Å². The molecule has 4 heteroatoms. The number of pyridine rings is 1. The van der Waals surface area contributed by atoms with Crippen LogP contribution in [-0.2, 0) is 6.54 Å². The number of hydrogen-bond donors (Lipinski definition) is 1. The number of nitrogens with zero attached hydrogens (tertiary/aromatic N) is 2. The molecule has 0 atom stereocenters. The molecule has 0 aromatic carbocycles. The number of nitrogens with one attached hydrogen (secondary N) is 1. The van der Waals surface area contributed by atoms with Gasteiger partial charge in [0, 0.05) is 30.7 Å². The zero-order valence-corrected chi connectivity index (χ0v) is 11.1. The molecule has 2 aliphatic carbocycles. The second kappa shape index (κ2) is 5.29. The number of anilines is 1. The number of aromatic nitrogens is 1. The summed E-state index contributed by atoms with van der Waals surface area (Å²) in [7, 11) is 0. The fraction of sp³-hybridized carbons (Fsp3) is 0.533. The number of rotatable bonds is 7. The van der Waals surface area contributed by atoms with Gasteiger partial charge in [-0.1, -0.05) is 6.08 Å². The van der Waals surface area contributed by atoms with Crippen LogP contribution in [0.1, 0.15) is 31.2 Å². The van der Waals surface area contributed by atoms with Crippen molar-refractivity contribution in [1.29, 1.82) is 0 Å². The predicted octanol–water partition coefficient (Wildman–Crippen LogP) is 2.63. The smallest absolute Gasteiger partial charge is 0.141 e. The quantitative estimate of drug-likeness (QED) is 0.765. The van der Waals surface area contributed by atoms with Crippen LogP contribution in [0, 0.1) is 5.82 Å². The van der Waals surface area contributed by atoms with Crippen LogP contribution in [0.2, 0.25) is 0 Å². The first-order valence-electron chi connectivity index (χ1n) is 7.03. The molecule has 3 nitrogen and oxygen atoms in total. The molecule has 2 saturated carbocycles. The largest absolute Gasteiger partial charge is 0.350 e. The lowest BCUT2D eigenvalue weighted by Crippen LogP contribution is -2.29. The highest BCUT2D eigenvalue weighted by Crippen LogP contribution is 2.32. The van der Waals surface area contributed by atoms with Crippen molar-refractivity contribution in [3.05, 3.63) is 36.3 Å². The zero-order chi connectivity index (χ0) is 13.2. The molecule has 0 spiro atoms. The van der Waals surface area contributed by atoms with Crippen LogP contribution < -0.4 is 10.2 Å². The Balaban J connectivity index is 1.81. The first-order chi connectivity index (χ1) is 9.28. The molecule has 102 valence electrons. The van der Waals surface area contributed by atoms with Crippen molar-refractivity contribution in [3.8, 4) is 0 Å². The molecule has 2 aliphatic rings. The first-order valence-corrected chi connectivity index (χ1v) is 7.03. The summed E-state index contributed by atoms with van der Waals surface area (Å²) < 4.78 is 13.4. The van der Waals surface area contributed by atoms with Gasteiger partial charge in [0.05, 0.1) is 6.20 Å². The third-order valence-corrected chi connectivity index (χ3v) is 3.65. The normalized spacial score (nSPS) is 18.4. The molecule has 0 aliphatic heterocycles. The van der Waals surface area contributed by atoms with E-state index in [9.17, 15) is 4.39 Å². The minimum atomic E-state index is -0.259. The number of halogens is 1. The lowest BCUT2D eigenvalue weighted by atomic mass is 10.2. The molecule has 0 bridgehead atoms. The summed E-state index contributed by atoms with van der Waals surface area (Å²) in [6, 6.07) is 2.77. The van der Waals surface area contributed by atoms with E-state index in [1.165, 1.54) is 31.9 Å². The fourth-order valence-electron chi connectivity index (χ4n) is 2.34. The summed E-state index contributed by atoms with van der Waals surface area (Å²) >= 11 is 0. The van der Waals surface area contributed by atoms with Gasteiger partial charge in [0.25, 0.3) is 0 Å². The fourth-order valence-corrected chi connectivity index (χ4v) is 2.34. The van der Waals surface area contributed by atoms with Gasteiger partial charge in [0.1, 0.15) is 11.6 Å². The van der Waals surface area contributed by atoms with Crippen LogP contribution in [0.25, 0.3) is 0 Å². The van der Waals surface area contributed by atoms with Crippen LogP contribution in [0.4, 0.5) is 10.2 Å². The minimum absolute atomic E-state index is 0.259. The zero-order valence-electron chi connectivity index (χ0n) is 11.1. The van der Waals surface area contributed by atoms with E-state index >= 15 is 0 Å². The molecular formula is C15H20FN3. The highest BCUT2D eigenvalue weighted by atomic mass is 19.1. The van der Waals surface area contributed by atoms with Crippen molar-refractivity contribution in [2.75, 3.05) is 11.4 Å². The molecule has 3 rings (SSSR count). The molecule has 2 fully saturated rings. The summed E-state index contributed by atoms with van der Waals surface area (Å²) in [5.74, 6) is 0.655. The molecule has 0 saturated heterocycles. The Morgan fingerprint density at radius 1 is 1.42 bits per heavy atom. The van der Waals surface area contributed by atoms with Crippen molar-refractivity contribution in [2.24, 2.45) is 0 Å². The van der Waals surface area contributed by atoms with Crippen molar-refractivity contribution >= 4 is 5.82 Å². The number of hydrogen-bond acceptors (Lipinski definition) is 3. The SMILES string of the molecule is C=CCN(c1ncc(F)cc1CNC1CC1)C1CC1. The Hall–Kier alpha value is -1.42. The first kappa shape index (κ1) is 12.6. The predicted molar refractivity (Wildman–Crippen MR) is 74.6 cm³/mol. The van der Waals surface area contributed by atoms with Gasteiger partial charge >= 0.3 is 0 Å². The molecule has 0 unspecified atom stereocenters. The Labute approximate surface area is 113 Å². The monoisotopic (exact) mass is 261 g/mol. The van der Waals surface area contributed by atoms with E-state index in [1.54, 1.807) is 6.07 Å². The average Bonchev–Trinajstić information content (AvgIpc) is 3.28. The summed E-state index contributed by atoms with van der Waals surface area (Å²) in [4.78, 5) is 6.57. The van der Waals surface area contributed by atoms with Crippen molar-refractivity contribution in [3.63, 3.8) is 0 Å². The lowest BCUT2D eigenvalue weighted by Gasteiger charge is -2.24. The summed E-state index contributed by atoms with van der Waals surface area (Å²) in [6.45, 7) is 5.29. The maximum absolute atomic E-state index is 13.4. The van der Waals surface area contributed by atoms with E-state index in [4.69, 9.17) is 0 Å². The van der Waals surface area contributed by atoms with E-state index in [0.29, 0.717) is 18.6 Å². The summed E-state index contributed by atoms with van der Waals surface area (Å²) in [5.41, 5.74) is 0.959. The molecule has 19 heavy (non-hydrogen) atoms. The Kier molecular flexibility index (Phi) is 3.51.